The zero-order valence-corrected chi connectivity index (χ0v) is 12.5. The Morgan fingerprint density at radius 2 is 1.71 bits per heavy atom. The first-order valence-corrected chi connectivity index (χ1v) is 6.97. The molecule has 0 fully saturated rings. The van der Waals surface area contributed by atoms with Gasteiger partial charge < -0.3 is 10.5 Å². The highest BCUT2D eigenvalue weighted by molar-refractivity contribution is 9.10. The average molecular weight is 360 g/mol. The number of halogens is 4. The summed E-state index contributed by atoms with van der Waals surface area (Å²) < 4.78 is 43.8. The van der Waals surface area contributed by atoms with Gasteiger partial charge in [-0.15, -0.1) is 0 Å². The molecule has 21 heavy (non-hydrogen) atoms. The van der Waals surface area contributed by atoms with Crippen LogP contribution in [0.2, 0.25) is 0 Å². The van der Waals surface area contributed by atoms with E-state index in [-0.39, 0.29) is 6.61 Å². The van der Waals surface area contributed by atoms with Gasteiger partial charge in [0.1, 0.15) is 12.4 Å². The van der Waals surface area contributed by atoms with E-state index in [4.69, 9.17) is 10.5 Å². The topological polar surface area (TPSA) is 35.2 Å². The van der Waals surface area contributed by atoms with Crippen molar-refractivity contribution >= 4 is 15.9 Å². The van der Waals surface area contributed by atoms with Crippen molar-refractivity contribution < 1.29 is 17.9 Å². The van der Waals surface area contributed by atoms with E-state index in [1.54, 1.807) is 12.1 Å². The number of benzene rings is 2. The van der Waals surface area contributed by atoms with Crippen LogP contribution in [0.5, 0.6) is 5.75 Å². The first-order valence-electron chi connectivity index (χ1n) is 6.17. The van der Waals surface area contributed by atoms with E-state index in [1.807, 2.05) is 6.07 Å². The summed E-state index contributed by atoms with van der Waals surface area (Å²) in [6, 6.07) is 10.3. The van der Waals surface area contributed by atoms with Gasteiger partial charge in [-0.05, 0) is 41.5 Å². The summed E-state index contributed by atoms with van der Waals surface area (Å²) >= 11 is 3.37. The van der Waals surface area contributed by atoms with Crippen LogP contribution in [0, 0.1) is 0 Å². The lowest BCUT2D eigenvalue weighted by Crippen LogP contribution is -2.05. The fourth-order valence-corrected chi connectivity index (χ4v) is 2.16. The van der Waals surface area contributed by atoms with Crippen LogP contribution in [-0.2, 0) is 19.3 Å². The van der Waals surface area contributed by atoms with Crippen LogP contribution >= 0.6 is 15.9 Å². The zero-order chi connectivity index (χ0) is 15.5. The third-order valence-electron chi connectivity index (χ3n) is 2.92. The van der Waals surface area contributed by atoms with E-state index in [9.17, 15) is 13.2 Å². The maximum Gasteiger partial charge on any atom is 0.416 e. The smallest absolute Gasteiger partial charge is 0.416 e. The van der Waals surface area contributed by atoms with Gasteiger partial charge in [0.05, 0.1) is 5.56 Å². The number of hydrogen-bond acceptors (Lipinski definition) is 2. The van der Waals surface area contributed by atoms with E-state index in [0.29, 0.717) is 17.9 Å². The second-order valence-corrected chi connectivity index (χ2v) is 5.30. The normalized spacial score (nSPS) is 11.5. The van der Waals surface area contributed by atoms with Gasteiger partial charge in [0.2, 0.25) is 0 Å². The lowest BCUT2D eigenvalue weighted by atomic mass is 10.1. The molecule has 2 nitrogen and oxygen atoms in total. The van der Waals surface area contributed by atoms with Gasteiger partial charge in [0.25, 0.3) is 0 Å². The van der Waals surface area contributed by atoms with Crippen LogP contribution in [0.15, 0.2) is 46.9 Å². The lowest BCUT2D eigenvalue weighted by Gasteiger charge is -2.10. The molecule has 0 aliphatic rings. The van der Waals surface area contributed by atoms with E-state index in [1.165, 1.54) is 12.1 Å². The molecule has 0 unspecified atom stereocenters. The number of hydrogen-bond donors (Lipinski definition) is 1. The summed E-state index contributed by atoms with van der Waals surface area (Å²) in [5.74, 6) is 0.624. The van der Waals surface area contributed by atoms with Crippen LogP contribution < -0.4 is 10.5 Å². The van der Waals surface area contributed by atoms with Crippen molar-refractivity contribution in [3.63, 3.8) is 0 Å². The quantitative estimate of drug-likeness (QED) is 0.871. The summed E-state index contributed by atoms with van der Waals surface area (Å²) in [6.45, 7) is 0.571. The predicted molar refractivity (Wildman–Crippen MR) is 77.8 cm³/mol. The summed E-state index contributed by atoms with van der Waals surface area (Å²) in [7, 11) is 0. The molecule has 2 aromatic carbocycles. The Morgan fingerprint density at radius 3 is 2.29 bits per heavy atom. The molecule has 0 aromatic heterocycles. The van der Waals surface area contributed by atoms with Gasteiger partial charge in [-0.3, -0.25) is 0 Å². The molecule has 2 aromatic rings. The Balaban J connectivity index is 2.03. The third kappa shape index (κ3) is 4.22. The highest BCUT2D eigenvalue weighted by Crippen LogP contribution is 2.29. The van der Waals surface area contributed by atoms with Crippen LogP contribution in [-0.4, -0.2) is 0 Å². The highest BCUT2D eigenvalue weighted by Gasteiger charge is 2.29. The Bertz CT molecular complexity index is 611. The van der Waals surface area contributed by atoms with Gasteiger partial charge in [0, 0.05) is 11.0 Å². The van der Waals surface area contributed by atoms with Crippen LogP contribution in [0.3, 0.4) is 0 Å². The Morgan fingerprint density at radius 1 is 1.05 bits per heavy atom. The van der Waals surface area contributed by atoms with Crippen molar-refractivity contribution in [2.75, 3.05) is 0 Å². The average Bonchev–Trinajstić information content (AvgIpc) is 2.46. The molecule has 6 heteroatoms. The monoisotopic (exact) mass is 359 g/mol. The molecule has 0 saturated carbocycles. The lowest BCUT2D eigenvalue weighted by molar-refractivity contribution is -0.137. The van der Waals surface area contributed by atoms with Crippen LogP contribution in [0.4, 0.5) is 13.2 Å². The van der Waals surface area contributed by atoms with Gasteiger partial charge in [0.15, 0.2) is 0 Å². The maximum atomic E-state index is 12.4. The molecule has 0 spiro atoms. The minimum Gasteiger partial charge on any atom is -0.489 e. The molecule has 0 aliphatic carbocycles. The van der Waals surface area contributed by atoms with Gasteiger partial charge in [-0.1, -0.05) is 28.1 Å². The second-order valence-electron chi connectivity index (χ2n) is 4.44. The molecular formula is C15H13BrF3NO. The molecular weight excluding hydrogens is 347 g/mol. The van der Waals surface area contributed by atoms with Gasteiger partial charge >= 0.3 is 6.18 Å². The van der Waals surface area contributed by atoms with Crippen molar-refractivity contribution in [3.8, 4) is 5.75 Å². The summed E-state index contributed by atoms with van der Waals surface area (Å²) in [6.07, 6.45) is -4.32. The van der Waals surface area contributed by atoms with Crippen LogP contribution in [0.1, 0.15) is 16.7 Å². The summed E-state index contributed by atoms with van der Waals surface area (Å²) in [5, 5.41) is 0. The van der Waals surface area contributed by atoms with Crippen molar-refractivity contribution in [2.45, 2.75) is 19.3 Å². The number of alkyl halides is 3. The molecule has 112 valence electrons. The molecule has 0 saturated heterocycles. The minimum atomic E-state index is -4.32. The molecule has 0 heterocycles. The molecule has 0 aliphatic heterocycles. The fourth-order valence-electron chi connectivity index (χ4n) is 1.75. The number of rotatable bonds is 4. The SMILES string of the molecule is NCc1cc(OCc2ccc(C(F)(F)F)cc2)ccc1Br. The largest absolute Gasteiger partial charge is 0.489 e. The molecule has 0 amide bonds. The molecule has 0 radical (unpaired) electrons. The standard InChI is InChI=1S/C15H13BrF3NO/c16-14-6-5-13(7-11(14)8-20)21-9-10-1-3-12(4-2-10)15(17,18)19/h1-7H,8-9,20H2. The molecule has 2 N–H and O–H groups in total. The van der Waals surface area contributed by atoms with Gasteiger partial charge in [-0.2, -0.15) is 13.2 Å². The molecule has 2 rings (SSSR count). The molecule has 0 atom stereocenters. The Kier molecular flexibility index (Phi) is 4.90. The highest BCUT2D eigenvalue weighted by atomic mass is 79.9. The van der Waals surface area contributed by atoms with Crippen LogP contribution in [0.25, 0.3) is 0 Å². The first kappa shape index (κ1) is 15.9. The first-order chi connectivity index (χ1) is 9.90. The number of nitrogens with two attached hydrogens (primary N) is 1. The van der Waals surface area contributed by atoms with E-state index in [2.05, 4.69) is 15.9 Å². The van der Waals surface area contributed by atoms with E-state index >= 15 is 0 Å². The predicted octanol–water partition coefficient (Wildman–Crippen LogP) is 4.51. The van der Waals surface area contributed by atoms with Crippen molar-refractivity contribution in [1.29, 1.82) is 0 Å². The summed E-state index contributed by atoms with van der Waals surface area (Å²) in [5.41, 5.74) is 6.50. The zero-order valence-electron chi connectivity index (χ0n) is 11.0. The van der Waals surface area contributed by atoms with Crippen molar-refractivity contribution in [1.82, 2.24) is 0 Å². The maximum absolute atomic E-state index is 12.4. The molecule has 0 bridgehead atoms. The van der Waals surface area contributed by atoms with Crippen molar-refractivity contribution in [3.05, 3.63) is 63.6 Å². The van der Waals surface area contributed by atoms with E-state index < -0.39 is 11.7 Å². The van der Waals surface area contributed by atoms with Crippen molar-refractivity contribution in [2.24, 2.45) is 5.73 Å². The Labute approximate surface area is 128 Å². The summed E-state index contributed by atoms with van der Waals surface area (Å²) in [4.78, 5) is 0. The minimum absolute atomic E-state index is 0.198. The van der Waals surface area contributed by atoms with Gasteiger partial charge in [-0.25, -0.2) is 0 Å². The van der Waals surface area contributed by atoms with E-state index in [0.717, 1.165) is 22.2 Å². The third-order valence-corrected chi connectivity index (χ3v) is 3.70. The Hall–Kier alpha value is -1.53. The second kappa shape index (κ2) is 6.49. The fraction of sp³-hybridized carbons (Fsp3) is 0.200. The number of ether oxygens (including phenoxy) is 1.